The largest absolute Gasteiger partial charge is 0.356 e. The Morgan fingerprint density at radius 3 is 3.05 bits per heavy atom. The molecule has 7 heteroatoms. The van der Waals surface area contributed by atoms with Crippen molar-refractivity contribution in [2.75, 3.05) is 6.54 Å². The fourth-order valence-electron chi connectivity index (χ4n) is 2.61. The van der Waals surface area contributed by atoms with Crippen LogP contribution in [0.5, 0.6) is 0 Å². The Kier molecular flexibility index (Phi) is 4.59. The number of hydrogen-bond acceptors (Lipinski definition) is 5. The smallest absolute Gasteiger partial charge is 0.223 e. The van der Waals surface area contributed by atoms with Crippen molar-refractivity contribution in [1.29, 1.82) is 0 Å². The van der Waals surface area contributed by atoms with Gasteiger partial charge in [0.05, 0.1) is 6.54 Å². The van der Waals surface area contributed by atoms with E-state index in [1.54, 1.807) is 16.1 Å². The number of nitrogens with one attached hydrogen (secondary N) is 1. The van der Waals surface area contributed by atoms with Crippen LogP contribution >= 0.6 is 11.3 Å². The number of carbonyl (C=O) groups excluding carboxylic acids is 1. The first kappa shape index (κ1) is 14.2. The van der Waals surface area contributed by atoms with Gasteiger partial charge in [0.2, 0.25) is 11.7 Å². The van der Waals surface area contributed by atoms with Crippen LogP contribution in [0, 0.1) is 5.92 Å². The molecule has 1 saturated carbocycles. The van der Waals surface area contributed by atoms with Gasteiger partial charge in [-0.25, -0.2) is 0 Å². The SMILES string of the molecule is O=C(NCCCn1nnc(-c2ccsc2)n1)C1CCCC1. The van der Waals surface area contributed by atoms with Crippen molar-refractivity contribution in [2.24, 2.45) is 5.92 Å². The molecule has 21 heavy (non-hydrogen) atoms. The Morgan fingerprint density at radius 1 is 1.43 bits per heavy atom. The Hall–Kier alpha value is -1.76. The van der Waals surface area contributed by atoms with E-state index >= 15 is 0 Å². The number of nitrogens with zero attached hydrogens (tertiary/aromatic N) is 4. The number of aromatic nitrogens is 4. The molecule has 1 aliphatic rings. The lowest BCUT2D eigenvalue weighted by Crippen LogP contribution is -2.30. The topological polar surface area (TPSA) is 72.7 Å². The second-order valence-electron chi connectivity index (χ2n) is 5.35. The minimum Gasteiger partial charge on any atom is -0.356 e. The highest BCUT2D eigenvalue weighted by atomic mass is 32.1. The van der Waals surface area contributed by atoms with Crippen molar-refractivity contribution < 1.29 is 4.79 Å². The molecule has 1 fully saturated rings. The average molecular weight is 305 g/mol. The molecule has 2 aromatic rings. The predicted octanol–water partition coefficient (Wildman–Crippen LogP) is 2.10. The van der Waals surface area contributed by atoms with Gasteiger partial charge in [-0.2, -0.15) is 16.1 Å². The third-order valence-electron chi connectivity index (χ3n) is 3.79. The number of rotatable bonds is 6. The standard InChI is InChI=1S/C14H19N5OS/c20-14(11-4-1-2-5-11)15-7-3-8-19-17-13(16-18-19)12-6-9-21-10-12/h6,9-11H,1-5,7-8H2,(H,15,20). The molecule has 0 spiro atoms. The van der Waals surface area contributed by atoms with Crippen LogP contribution in [0.3, 0.4) is 0 Å². The molecule has 112 valence electrons. The van der Waals surface area contributed by atoms with Crippen LogP contribution in [0.4, 0.5) is 0 Å². The Bertz CT molecular complexity index is 574. The highest BCUT2D eigenvalue weighted by Crippen LogP contribution is 2.24. The van der Waals surface area contributed by atoms with E-state index in [1.807, 2.05) is 16.8 Å². The van der Waals surface area contributed by atoms with E-state index in [2.05, 4.69) is 20.7 Å². The molecule has 1 amide bonds. The fourth-order valence-corrected chi connectivity index (χ4v) is 3.24. The molecule has 3 rings (SSSR count). The summed E-state index contributed by atoms with van der Waals surface area (Å²) in [4.78, 5) is 13.4. The number of hydrogen-bond donors (Lipinski definition) is 1. The van der Waals surface area contributed by atoms with Crippen LogP contribution in [-0.2, 0) is 11.3 Å². The van der Waals surface area contributed by atoms with E-state index in [-0.39, 0.29) is 11.8 Å². The molecule has 0 unspecified atom stereocenters. The normalized spacial score (nSPS) is 15.4. The summed E-state index contributed by atoms with van der Waals surface area (Å²) < 4.78 is 0. The molecule has 1 N–H and O–H groups in total. The Labute approximate surface area is 127 Å². The van der Waals surface area contributed by atoms with Crippen molar-refractivity contribution in [2.45, 2.75) is 38.6 Å². The minimum absolute atomic E-state index is 0.206. The summed E-state index contributed by atoms with van der Waals surface area (Å²) in [5.74, 6) is 1.10. The van der Waals surface area contributed by atoms with Gasteiger partial charge in [-0.15, -0.1) is 10.2 Å². The van der Waals surface area contributed by atoms with Crippen LogP contribution in [-0.4, -0.2) is 32.7 Å². The second-order valence-corrected chi connectivity index (χ2v) is 6.13. The molecule has 0 radical (unpaired) electrons. The molecule has 0 bridgehead atoms. The lowest BCUT2D eigenvalue weighted by molar-refractivity contribution is -0.124. The minimum atomic E-state index is 0.206. The van der Waals surface area contributed by atoms with Crippen LogP contribution in [0.25, 0.3) is 11.4 Å². The number of aryl methyl sites for hydroxylation is 1. The summed E-state index contributed by atoms with van der Waals surface area (Å²) in [7, 11) is 0. The summed E-state index contributed by atoms with van der Waals surface area (Å²) in [5.41, 5.74) is 1.00. The van der Waals surface area contributed by atoms with Crippen LogP contribution in [0.1, 0.15) is 32.1 Å². The molecule has 2 aromatic heterocycles. The van der Waals surface area contributed by atoms with Gasteiger partial charge in [0, 0.05) is 23.4 Å². The van der Waals surface area contributed by atoms with E-state index in [4.69, 9.17) is 0 Å². The molecular formula is C14H19N5OS. The zero-order chi connectivity index (χ0) is 14.5. The maximum atomic E-state index is 11.9. The number of amides is 1. The summed E-state index contributed by atoms with van der Waals surface area (Å²) in [6.07, 6.45) is 5.28. The van der Waals surface area contributed by atoms with Gasteiger partial charge in [0.15, 0.2) is 0 Å². The lowest BCUT2D eigenvalue weighted by Gasteiger charge is -2.09. The number of carbonyl (C=O) groups is 1. The van der Waals surface area contributed by atoms with Gasteiger partial charge in [0.25, 0.3) is 0 Å². The summed E-state index contributed by atoms with van der Waals surface area (Å²) in [5, 5.41) is 19.4. The first-order chi connectivity index (χ1) is 10.3. The van der Waals surface area contributed by atoms with Crippen LogP contribution in [0.2, 0.25) is 0 Å². The van der Waals surface area contributed by atoms with Gasteiger partial charge in [-0.3, -0.25) is 4.79 Å². The molecular weight excluding hydrogens is 286 g/mol. The summed E-state index contributed by atoms with van der Waals surface area (Å²) in [6.45, 7) is 1.34. The zero-order valence-electron chi connectivity index (χ0n) is 11.9. The molecule has 2 heterocycles. The van der Waals surface area contributed by atoms with Crippen molar-refractivity contribution >= 4 is 17.2 Å². The Morgan fingerprint density at radius 2 is 2.29 bits per heavy atom. The van der Waals surface area contributed by atoms with Crippen molar-refractivity contribution in [3.05, 3.63) is 16.8 Å². The van der Waals surface area contributed by atoms with E-state index in [0.717, 1.165) is 24.8 Å². The fraction of sp³-hybridized carbons (Fsp3) is 0.571. The van der Waals surface area contributed by atoms with E-state index < -0.39 is 0 Å². The zero-order valence-corrected chi connectivity index (χ0v) is 12.7. The first-order valence-corrected chi connectivity index (χ1v) is 8.35. The van der Waals surface area contributed by atoms with Gasteiger partial charge < -0.3 is 5.32 Å². The second kappa shape index (κ2) is 6.80. The Balaban J connectivity index is 1.40. The molecule has 0 aromatic carbocycles. The monoisotopic (exact) mass is 305 g/mol. The highest BCUT2D eigenvalue weighted by molar-refractivity contribution is 7.08. The highest BCUT2D eigenvalue weighted by Gasteiger charge is 2.21. The maximum absolute atomic E-state index is 11.9. The van der Waals surface area contributed by atoms with E-state index in [9.17, 15) is 4.79 Å². The molecule has 0 atom stereocenters. The predicted molar refractivity (Wildman–Crippen MR) is 80.7 cm³/mol. The first-order valence-electron chi connectivity index (χ1n) is 7.41. The third kappa shape index (κ3) is 3.66. The van der Waals surface area contributed by atoms with Gasteiger partial charge in [-0.05, 0) is 35.9 Å². The van der Waals surface area contributed by atoms with Crippen LogP contribution < -0.4 is 5.32 Å². The molecule has 6 nitrogen and oxygen atoms in total. The average Bonchev–Trinajstić information content (AvgIpc) is 3.25. The lowest BCUT2D eigenvalue weighted by atomic mass is 10.1. The molecule has 1 aliphatic carbocycles. The van der Waals surface area contributed by atoms with Crippen molar-refractivity contribution in [1.82, 2.24) is 25.5 Å². The van der Waals surface area contributed by atoms with E-state index in [0.29, 0.717) is 18.9 Å². The summed E-state index contributed by atoms with van der Waals surface area (Å²) >= 11 is 1.62. The van der Waals surface area contributed by atoms with Crippen LogP contribution in [0.15, 0.2) is 16.8 Å². The molecule has 0 saturated heterocycles. The quantitative estimate of drug-likeness (QED) is 0.830. The number of tetrazole rings is 1. The third-order valence-corrected chi connectivity index (χ3v) is 4.48. The number of thiophene rings is 1. The van der Waals surface area contributed by atoms with Gasteiger partial charge >= 0.3 is 0 Å². The van der Waals surface area contributed by atoms with E-state index in [1.165, 1.54) is 12.8 Å². The summed E-state index contributed by atoms with van der Waals surface area (Å²) in [6, 6.07) is 1.98. The van der Waals surface area contributed by atoms with Gasteiger partial charge in [-0.1, -0.05) is 12.8 Å². The molecule has 0 aliphatic heterocycles. The van der Waals surface area contributed by atoms with Crippen molar-refractivity contribution in [3.8, 4) is 11.4 Å². The maximum Gasteiger partial charge on any atom is 0.223 e. The van der Waals surface area contributed by atoms with Gasteiger partial charge in [0.1, 0.15) is 0 Å². The van der Waals surface area contributed by atoms with Crippen molar-refractivity contribution in [3.63, 3.8) is 0 Å².